The van der Waals surface area contributed by atoms with Gasteiger partial charge < -0.3 is 14.5 Å². The highest BCUT2D eigenvalue weighted by molar-refractivity contribution is 6.20. The molecule has 3 aliphatic heterocycles. The van der Waals surface area contributed by atoms with Gasteiger partial charge in [0.1, 0.15) is 5.75 Å². The molecule has 1 spiro atoms. The molecule has 2 aromatic carbocycles. The van der Waals surface area contributed by atoms with Crippen LogP contribution in [0, 0.1) is 15.5 Å². The fourth-order valence-corrected chi connectivity index (χ4v) is 5.16. The predicted octanol–water partition coefficient (Wildman–Crippen LogP) is 1.21. The number of piperazine rings is 1. The maximum absolute atomic E-state index is 13.2. The molecule has 1 atom stereocenters. The lowest BCUT2D eigenvalue weighted by atomic mass is 9.68. The molecule has 11 heteroatoms. The van der Waals surface area contributed by atoms with Gasteiger partial charge in [0, 0.05) is 43.9 Å². The highest BCUT2D eigenvalue weighted by atomic mass is 16.6. The van der Waals surface area contributed by atoms with Crippen LogP contribution < -0.4 is 25.2 Å². The van der Waals surface area contributed by atoms with Crippen LogP contribution in [0.4, 0.5) is 21.9 Å². The van der Waals surface area contributed by atoms with E-state index >= 15 is 0 Å². The van der Waals surface area contributed by atoms with Crippen LogP contribution in [-0.2, 0) is 16.0 Å². The summed E-state index contributed by atoms with van der Waals surface area (Å²) in [5, 5.41) is 15.8. The lowest BCUT2D eigenvalue weighted by Crippen LogP contribution is -2.74. The lowest BCUT2D eigenvalue weighted by Gasteiger charge is -2.54. The number of benzene rings is 2. The Labute approximate surface area is 188 Å². The Balaban J connectivity index is 1.62. The van der Waals surface area contributed by atoms with Gasteiger partial charge in [-0.3, -0.25) is 30.3 Å². The second-order valence-electron chi connectivity index (χ2n) is 8.28. The minimum atomic E-state index is -1.63. The van der Waals surface area contributed by atoms with E-state index in [-0.39, 0.29) is 12.1 Å². The number of barbiturate groups is 1. The van der Waals surface area contributed by atoms with Crippen molar-refractivity contribution in [2.75, 3.05) is 36.5 Å². The maximum Gasteiger partial charge on any atom is 0.328 e. The van der Waals surface area contributed by atoms with Gasteiger partial charge in [-0.05, 0) is 23.8 Å². The number of non-ortho nitro benzene ring substituents is 1. The molecule has 5 rings (SSSR count). The summed E-state index contributed by atoms with van der Waals surface area (Å²) in [5.74, 6) is -0.741. The molecule has 170 valence electrons. The number of urea groups is 1. The van der Waals surface area contributed by atoms with Crippen LogP contribution >= 0.6 is 0 Å². The molecule has 2 aromatic rings. The zero-order valence-corrected chi connectivity index (χ0v) is 17.7. The third-order valence-electron chi connectivity index (χ3n) is 6.69. The topological polar surface area (TPSA) is 134 Å². The van der Waals surface area contributed by atoms with Gasteiger partial charge in [-0.15, -0.1) is 0 Å². The second kappa shape index (κ2) is 7.47. The number of nitrogens with one attached hydrogen (secondary N) is 2. The Kier molecular flexibility index (Phi) is 4.69. The minimum Gasteiger partial charge on any atom is -0.495 e. The standard InChI is InChI=1S/C22H21N5O6/c1-33-17-5-3-2-4-16(17)25-8-9-26-15-7-6-14(27(31)32)10-13(15)11-22(18(26)12-25)19(28)23-21(30)24-20(22)29/h2-7,10,18H,8-9,11-12H2,1H3,(H2,23,24,28,29,30)/t18-/m1/s1. The van der Waals surface area contributed by atoms with E-state index in [4.69, 9.17) is 4.74 Å². The normalized spacial score (nSPS) is 21.1. The van der Waals surface area contributed by atoms with Gasteiger partial charge in [0.25, 0.3) is 5.69 Å². The van der Waals surface area contributed by atoms with E-state index < -0.39 is 34.2 Å². The average Bonchev–Trinajstić information content (AvgIpc) is 2.81. The van der Waals surface area contributed by atoms with Crippen molar-refractivity contribution in [3.8, 4) is 5.75 Å². The molecule has 0 aliphatic carbocycles. The first kappa shape index (κ1) is 20.7. The summed E-state index contributed by atoms with van der Waals surface area (Å²) in [4.78, 5) is 53.2. The number of nitro groups is 1. The molecule has 33 heavy (non-hydrogen) atoms. The van der Waals surface area contributed by atoms with Crippen LogP contribution in [0.25, 0.3) is 0 Å². The van der Waals surface area contributed by atoms with E-state index in [9.17, 15) is 24.5 Å². The van der Waals surface area contributed by atoms with Gasteiger partial charge >= 0.3 is 6.03 Å². The van der Waals surface area contributed by atoms with Crippen LogP contribution in [-0.4, -0.2) is 55.6 Å². The van der Waals surface area contributed by atoms with Crippen molar-refractivity contribution in [3.05, 3.63) is 58.1 Å². The number of amides is 4. The Morgan fingerprint density at radius 2 is 1.79 bits per heavy atom. The van der Waals surface area contributed by atoms with Gasteiger partial charge in [-0.1, -0.05) is 12.1 Å². The Morgan fingerprint density at radius 3 is 2.48 bits per heavy atom. The highest BCUT2D eigenvalue weighted by Crippen LogP contribution is 2.46. The van der Waals surface area contributed by atoms with Crippen LogP contribution in [0.3, 0.4) is 0 Å². The fraction of sp³-hybridized carbons (Fsp3) is 0.318. The molecule has 0 radical (unpaired) electrons. The molecule has 3 aliphatic rings. The number of rotatable bonds is 3. The van der Waals surface area contributed by atoms with Gasteiger partial charge in [0.05, 0.1) is 23.8 Å². The molecule has 2 fully saturated rings. The van der Waals surface area contributed by atoms with Crippen molar-refractivity contribution < 1.29 is 24.0 Å². The van der Waals surface area contributed by atoms with Crippen LogP contribution in [0.1, 0.15) is 5.56 Å². The second-order valence-corrected chi connectivity index (χ2v) is 8.28. The van der Waals surface area contributed by atoms with Crippen LogP contribution in [0.5, 0.6) is 5.75 Å². The summed E-state index contributed by atoms with van der Waals surface area (Å²) >= 11 is 0. The molecule has 0 unspecified atom stereocenters. The summed E-state index contributed by atoms with van der Waals surface area (Å²) in [7, 11) is 1.58. The van der Waals surface area contributed by atoms with Crippen LogP contribution in [0.15, 0.2) is 42.5 Å². The number of ether oxygens (including phenoxy) is 1. The molecule has 0 saturated carbocycles. The number of methoxy groups -OCH3 is 1. The molecule has 4 amide bonds. The van der Waals surface area contributed by atoms with E-state index in [0.717, 1.165) is 11.4 Å². The zero-order chi connectivity index (χ0) is 23.3. The molecular weight excluding hydrogens is 430 g/mol. The quantitative estimate of drug-likeness (QED) is 0.404. The van der Waals surface area contributed by atoms with Gasteiger partial charge in [0.2, 0.25) is 11.8 Å². The molecule has 3 heterocycles. The Bertz CT molecular complexity index is 1180. The molecule has 2 N–H and O–H groups in total. The monoisotopic (exact) mass is 451 g/mol. The van der Waals surface area contributed by atoms with Crippen molar-refractivity contribution in [1.29, 1.82) is 0 Å². The predicted molar refractivity (Wildman–Crippen MR) is 117 cm³/mol. The number of fused-ring (bicyclic) bond motifs is 4. The third kappa shape index (κ3) is 3.07. The van der Waals surface area contributed by atoms with Gasteiger partial charge in [-0.2, -0.15) is 0 Å². The van der Waals surface area contributed by atoms with E-state index in [1.54, 1.807) is 13.2 Å². The lowest BCUT2D eigenvalue weighted by molar-refractivity contribution is -0.384. The Morgan fingerprint density at radius 1 is 1.06 bits per heavy atom. The van der Waals surface area contributed by atoms with Crippen LogP contribution in [0.2, 0.25) is 0 Å². The van der Waals surface area contributed by atoms with Crippen molar-refractivity contribution >= 4 is 34.9 Å². The minimum absolute atomic E-state index is 0.0596. The zero-order valence-electron chi connectivity index (χ0n) is 17.7. The summed E-state index contributed by atoms with van der Waals surface area (Å²) in [6, 6.07) is 10.5. The van der Waals surface area contributed by atoms with Gasteiger partial charge in [-0.25, -0.2) is 4.79 Å². The first-order chi connectivity index (χ1) is 15.8. The van der Waals surface area contributed by atoms with Crippen molar-refractivity contribution in [2.24, 2.45) is 5.41 Å². The molecule has 0 bridgehead atoms. The van der Waals surface area contributed by atoms with E-state index in [0.29, 0.717) is 30.9 Å². The number of anilines is 2. The third-order valence-corrected chi connectivity index (χ3v) is 6.69. The van der Waals surface area contributed by atoms with E-state index in [2.05, 4.69) is 15.5 Å². The van der Waals surface area contributed by atoms with Crippen molar-refractivity contribution in [2.45, 2.75) is 12.5 Å². The number of hydrogen-bond acceptors (Lipinski definition) is 8. The molecule has 11 nitrogen and oxygen atoms in total. The van der Waals surface area contributed by atoms with Crippen molar-refractivity contribution in [3.63, 3.8) is 0 Å². The smallest absolute Gasteiger partial charge is 0.328 e. The Hall–Kier alpha value is -4.15. The average molecular weight is 451 g/mol. The molecule has 0 aromatic heterocycles. The number of imide groups is 2. The van der Waals surface area contributed by atoms with Gasteiger partial charge in [0.15, 0.2) is 5.41 Å². The van der Waals surface area contributed by atoms with E-state index in [1.807, 2.05) is 29.2 Å². The number of nitro benzene ring substituents is 1. The summed E-state index contributed by atoms with van der Waals surface area (Å²) in [5.41, 5.74) is 0.343. The molecular formula is C22H21N5O6. The summed E-state index contributed by atoms with van der Waals surface area (Å²) < 4.78 is 5.50. The summed E-state index contributed by atoms with van der Waals surface area (Å²) in [6.07, 6.45) is -0.0596. The SMILES string of the molecule is COc1ccccc1N1CCN2c3ccc([N+](=O)[O-])cc3CC3(C(=O)NC(=O)NC3=O)[C@H]2C1. The first-order valence-electron chi connectivity index (χ1n) is 10.4. The largest absolute Gasteiger partial charge is 0.495 e. The number of carbonyl (C=O) groups excluding carboxylic acids is 3. The molecule has 2 saturated heterocycles. The fourth-order valence-electron chi connectivity index (χ4n) is 5.16. The van der Waals surface area contributed by atoms with E-state index in [1.165, 1.54) is 12.1 Å². The summed E-state index contributed by atoms with van der Waals surface area (Å²) in [6.45, 7) is 1.35. The number of nitrogens with zero attached hydrogens (tertiary/aromatic N) is 3. The first-order valence-corrected chi connectivity index (χ1v) is 10.4. The number of para-hydroxylation sites is 2. The maximum atomic E-state index is 13.2. The number of carbonyl (C=O) groups is 3. The van der Waals surface area contributed by atoms with Crippen molar-refractivity contribution in [1.82, 2.24) is 10.6 Å². The number of hydrogen-bond donors (Lipinski definition) is 2. The highest BCUT2D eigenvalue weighted by Gasteiger charge is 2.61.